The SMILES string of the molecule is Cc1ccc(C(=O)N2CCCC(C)(O)C2)c(Br)c1. The lowest BCUT2D eigenvalue weighted by Gasteiger charge is -2.37. The van der Waals surface area contributed by atoms with Gasteiger partial charge in [0.15, 0.2) is 0 Å². The van der Waals surface area contributed by atoms with Gasteiger partial charge in [0.25, 0.3) is 5.91 Å². The van der Waals surface area contributed by atoms with Crippen molar-refractivity contribution in [2.24, 2.45) is 0 Å². The first kappa shape index (κ1) is 13.6. The van der Waals surface area contributed by atoms with Crippen LogP contribution in [-0.4, -0.2) is 34.6 Å². The minimum atomic E-state index is -0.759. The summed E-state index contributed by atoms with van der Waals surface area (Å²) in [5.74, 6) is -0.0122. The molecule has 0 bridgehead atoms. The number of piperidine rings is 1. The average molecular weight is 312 g/mol. The van der Waals surface area contributed by atoms with E-state index in [0.717, 1.165) is 29.4 Å². The maximum Gasteiger partial charge on any atom is 0.255 e. The van der Waals surface area contributed by atoms with Crippen LogP contribution in [0.5, 0.6) is 0 Å². The molecule has 1 aromatic rings. The van der Waals surface area contributed by atoms with Crippen LogP contribution in [0.1, 0.15) is 35.7 Å². The van der Waals surface area contributed by atoms with Crippen LogP contribution in [0.15, 0.2) is 22.7 Å². The van der Waals surface area contributed by atoms with Crippen LogP contribution in [0, 0.1) is 6.92 Å². The summed E-state index contributed by atoms with van der Waals surface area (Å²) in [6, 6.07) is 5.71. The Morgan fingerprint density at radius 3 is 2.83 bits per heavy atom. The Balaban J connectivity index is 2.20. The molecule has 0 radical (unpaired) electrons. The number of β-amino-alcohol motifs (C(OH)–C–C–N with tert-alkyl or cyclic N) is 1. The van der Waals surface area contributed by atoms with Crippen molar-refractivity contribution >= 4 is 21.8 Å². The maximum atomic E-state index is 12.4. The van der Waals surface area contributed by atoms with E-state index < -0.39 is 5.60 Å². The fraction of sp³-hybridized carbons (Fsp3) is 0.500. The molecule has 1 saturated heterocycles. The van der Waals surface area contributed by atoms with Gasteiger partial charge >= 0.3 is 0 Å². The Morgan fingerprint density at radius 1 is 1.50 bits per heavy atom. The van der Waals surface area contributed by atoms with Gasteiger partial charge in [-0.15, -0.1) is 0 Å². The number of likely N-dealkylation sites (tertiary alicyclic amines) is 1. The van der Waals surface area contributed by atoms with Crippen LogP contribution in [0.25, 0.3) is 0 Å². The molecule has 0 aliphatic carbocycles. The number of hydrogen-bond donors (Lipinski definition) is 1. The minimum Gasteiger partial charge on any atom is -0.388 e. The molecule has 1 unspecified atom stereocenters. The molecule has 1 atom stereocenters. The van der Waals surface area contributed by atoms with Crippen molar-refractivity contribution in [1.82, 2.24) is 4.90 Å². The molecule has 0 spiro atoms. The van der Waals surface area contributed by atoms with Crippen LogP contribution >= 0.6 is 15.9 Å². The molecule has 0 saturated carbocycles. The van der Waals surface area contributed by atoms with E-state index in [1.807, 2.05) is 25.1 Å². The first-order valence-corrected chi connectivity index (χ1v) is 6.96. The Bertz CT molecular complexity index is 471. The zero-order valence-electron chi connectivity index (χ0n) is 10.7. The lowest BCUT2D eigenvalue weighted by atomic mass is 9.94. The molecule has 0 aromatic heterocycles. The third-order valence-electron chi connectivity index (χ3n) is 3.32. The second kappa shape index (κ2) is 5.02. The standard InChI is InChI=1S/C14H18BrNO2/c1-10-4-5-11(12(15)8-10)13(17)16-7-3-6-14(2,18)9-16/h4-5,8,18H,3,6-7,9H2,1-2H3. The van der Waals surface area contributed by atoms with Crippen molar-refractivity contribution in [3.05, 3.63) is 33.8 Å². The number of nitrogens with zero attached hydrogens (tertiary/aromatic N) is 1. The largest absolute Gasteiger partial charge is 0.388 e. The second-order valence-corrected chi connectivity index (χ2v) is 6.16. The van der Waals surface area contributed by atoms with Gasteiger partial charge in [-0.3, -0.25) is 4.79 Å². The number of benzene rings is 1. The summed E-state index contributed by atoms with van der Waals surface area (Å²) in [4.78, 5) is 14.1. The van der Waals surface area contributed by atoms with Gasteiger partial charge in [0.2, 0.25) is 0 Å². The first-order valence-electron chi connectivity index (χ1n) is 6.17. The minimum absolute atomic E-state index is 0.0122. The van der Waals surface area contributed by atoms with Gasteiger partial charge in [-0.2, -0.15) is 0 Å². The van der Waals surface area contributed by atoms with Gasteiger partial charge in [0.05, 0.1) is 11.2 Å². The average Bonchev–Trinajstić information content (AvgIpc) is 2.27. The number of aryl methyl sites for hydroxylation is 1. The van der Waals surface area contributed by atoms with Crippen LogP contribution in [0.2, 0.25) is 0 Å². The normalized spacial score (nSPS) is 24.1. The fourth-order valence-electron chi connectivity index (χ4n) is 2.36. The molecular weight excluding hydrogens is 294 g/mol. The predicted molar refractivity (Wildman–Crippen MR) is 74.6 cm³/mol. The Kier molecular flexibility index (Phi) is 3.78. The molecule has 1 aliphatic heterocycles. The van der Waals surface area contributed by atoms with Crippen molar-refractivity contribution in [2.45, 2.75) is 32.3 Å². The highest BCUT2D eigenvalue weighted by Gasteiger charge is 2.31. The van der Waals surface area contributed by atoms with Gasteiger partial charge in [-0.1, -0.05) is 6.07 Å². The number of hydrogen-bond acceptors (Lipinski definition) is 2. The van der Waals surface area contributed by atoms with E-state index in [1.165, 1.54) is 0 Å². The smallest absolute Gasteiger partial charge is 0.255 e. The fourth-order valence-corrected chi connectivity index (χ4v) is 3.02. The van der Waals surface area contributed by atoms with Gasteiger partial charge in [0.1, 0.15) is 0 Å². The monoisotopic (exact) mass is 311 g/mol. The van der Waals surface area contributed by atoms with Crippen molar-refractivity contribution in [2.75, 3.05) is 13.1 Å². The van der Waals surface area contributed by atoms with Crippen molar-refractivity contribution in [3.8, 4) is 0 Å². The predicted octanol–water partition coefficient (Wildman–Crippen LogP) is 2.74. The van der Waals surface area contributed by atoms with Crippen molar-refractivity contribution in [3.63, 3.8) is 0 Å². The number of amides is 1. The van der Waals surface area contributed by atoms with Crippen LogP contribution < -0.4 is 0 Å². The van der Waals surface area contributed by atoms with Crippen LogP contribution in [0.3, 0.4) is 0 Å². The van der Waals surface area contributed by atoms with E-state index in [-0.39, 0.29) is 5.91 Å². The Labute approximate surface area is 116 Å². The molecule has 1 heterocycles. The molecule has 2 rings (SSSR count). The van der Waals surface area contributed by atoms with Crippen molar-refractivity contribution < 1.29 is 9.90 Å². The lowest BCUT2D eigenvalue weighted by molar-refractivity contribution is -0.0107. The zero-order valence-corrected chi connectivity index (χ0v) is 12.3. The molecule has 1 fully saturated rings. The van der Waals surface area contributed by atoms with Gasteiger partial charge in [0, 0.05) is 17.6 Å². The summed E-state index contributed by atoms with van der Waals surface area (Å²) >= 11 is 3.43. The molecule has 18 heavy (non-hydrogen) atoms. The zero-order chi connectivity index (χ0) is 13.3. The van der Waals surface area contributed by atoms with Crippen molar-refractivity contribution in [1.29, 1.82) is 0 Å². The third-order valence-corrected chi connectivity index (χ3v) is 3.97. The number of aliphatic hydroxyl groups is 1. The highest BCUT2D eigenvalue weighted by molar-refractivity contribution is 9.10. The van der Waals surface area contributed by atoms with Gasteiger partial charge < -0.3 is 10.0 Å². The summed E-state index contributed by atoms with van der Waals surface area (Å²) in [6.07, 6.45) is 1.61. The highest BCUT2D eigenvalue weighted by Crippen LogP contribution is 2.25. The number of carbonyl (C=O) groups is 1. The van der Waals surface area contributed by atoms with E-state index in [9.17, 15) is 9.90 Å². The van der Waals surface area contributed by atoms with E-state index in [2.05, 4.69) is 15.9 Å². The highest BCUT2D eigenvalue weighted by atomic mass is 79.9. The summed E-state index contributed by atoms with van der Waals surface area (Å²) in [5.41, 5.74) is 1.02. The number of rotatable bonds is 1. The van der Waals surface area contributed by atoms with E-state index in [1.54, 1.807) is 11.8 Å². The summed E-state index contributed by atoms with van der Waals surface area (Å²) < 4.78 is 0.817. The summed E-state index contributed by atoms with van der Waals surface area (Å²) in [5, 5.41) is 10.0. The molecule has 4 heteroatoms. The Hall–Kier alpha value is -0.870. The molecular formula is C14H18BrNO2. The third kappa shape index (κ3) is 2.93. The summed E-state index contributed by atoms with van der Waals surface area (Å²) in [7, 11) is 0. The van der Waals surface area contributed by atoms with Crippen LogP contribution in [0.4, 0.5) is 0 Å². The molecule has 1 amide bonds. The molecule has 3 nitrogen and oxygen atoms in total. The Morgan fingerprint density at radius 2 is 2.22 bits per heavy atom. The van der Waals surface area contributed by atoms with Gasteiger partial charge in [-0.05, 0) is 60.3 Å². The van der Waals surface area contributed by atoms with E-state index >= 15 is 0 Å². The van der Waals surface area contributed by atoms with Gasteiger partial charge in [-0.25, -0.2) is 0 Å². The molecule has 1 N–H and O–H groups in total. The summed E-state index contributed by atoms with van der Waals surface area (Å²) in [6.45, 7) is 4.91. The van der Waals surface area contributed by atoms with Crippen LogP contribution in [-0.2, 0) is 0 Å². The molecule has 1 aromatic carbocycles. The van der Waals surface area contributed by atoms with E-state index in [0.29, 0.717) is 12.1 Å². The molecule has 1 aliphatic rings. The lowest BCUT2D eigenvalue weighted by Crippen LogP contribution is -2.48. The molecule has 98 valence electrons. The maximum absolute atomic E-state index is 12.4. The quantitative estimate of drug-likeness (QED) is 0.866. The number of halogens is 1. The first-order chi connectivity index (χ1) is 8.39. The topological polar surface area (TPSA) is 40.5 Å². The number of carbonyl (C=O) groups excluding carboxylic acids is 1. The second-order valence-electron chi connectivity index (χ2n) is 5.31. The van der Waals surface area contributed by atoms with E-state index in [4.69, 9.17) is 0 Å².